The van der Waals surface area contributed by atoms with Crippen molar-refractivity contribution in [2.24, 2.45) is 0 Å². The van der Waals surface area contributed by atoms with E-state index < -0.39 is 6.10 Å². The summed E-state index contributed by atoms with van der Waals surface area (Å²) in [6.45, 7) is 1.07. The van der Waals surface area contributed by atoms with Gasteiger partial charge in [-0.15, -0.1) is 0 Å². The van der Waals surface area contributed by atoms with Gasteiger partial charge in [0.05, 0.1) is 19.3 Å². The van der Waals surface area contributed by atoms with E-state index in [2.05, 4.69) is 10.6 Å². The van der Waals surface area contributed by atoms with Crippen molar-refractivity contribution >= 4 is 5.91 Å². The third kappa shape index (κ3) is 3.84. The molecular weight excluding hydrogens is 308 g/mol. The van der Waals surface area contributed by atoms with Crippen LogP contribution in [0.4, 0.5) is 0 Å². The van der Waals surface area contributed by atoms with Crippen LogP contribution in [0, 0.1) is 0 Å². The quantitative estimate of drug-likeness (QED) is 0.776. The van der Waals surface area contributed by atoms with Crippen LogP contribution in [0.3, 0.4) is 0 Å². The average Bonchev–Trinajstić information content (AvgIpc) is 3.01. The zero-order valence-electron chi connectivity index (χ0n) is 13.4. The van der Waals surface area contributed by atoms with Crippen molar-refractivity contribution < 1.29 is 19.4 Å². The molecule has 0 saturated carbocycles. The highest BCUT2D eigenvalue weighted by Gasteiger charge is 2.26. The van der Waals surface area contributed by atoms with Gasteiger partial charge in [-0.25, -0.2) is 0 Å². The molecule has 1 fully saturated rings. The van der Waals surface area contributed by atoms with E-state index >= 15 is 0 Å². The summed E-state index contributed by atoms with van der Waals surface area (Å²) >= 11 is 0. The molecule has 3 rings (SSSR count). The monoisotopic (exact) mass is 328 g/mol. The summed E-state index contributed by atoms with van der Waals surface area (Å²) in [4.78, 5) is 12.2. The van der Waals surface area contributed by atoms with Gasteiger partial charge in [-0.3, -0.25) is 4.79 Å². The smallest absolute Gasteiger partial charge is 0.251 e. The Kier molecular flexibility index (Phi) is 4.98. The van der Waals surface area contributed by atoms with Crippen molar-refractivity contribution in [1.82, 2.24) is 10.6 Å². The second-order valence-electron chi connectivity index (χ2n) is 5.61. The maximum atomic E-state index is 12.2. The third-order valence-corrected chi connectivity index (χ3v) is 3.91. The van der Waals surface area contributed by atoms with Crippen LogP contribution in [0.2, 0.25) is 0 Å². The van der Waals surface area contributed by atoms with Crippen LogP contribution in [0.15, 0.2) is 48.5 Å². The third-order valence-electron chi connectivity index (χ3n) is 3.91. The van der Waals surface area contributed by atoms with Crippen LogP contribution < -0.4 is 20.1 Å². The Morgan fingerprint density at radius 2 is 1.62 bits per heavy atom. The summed E-state index contributed by atoms with van der Waals surface area (Å²) in [7, 11) is 1.61. The van der Waals surface area contributed by atoms with Gasteiger partial charge in [-0.2, -0.15) is 0 Å². The van der Waals surface area contributed by atoms with Gasteiger partial charge in [0.15, 0.2) is 0 Å². The van der Waals surface area contributed by atoms with Gasteiger partial charge in [-0.1, -0.05) is 0 Å². The van der Waals surface area contributed by atoms with Crippen molar-refractivity contribution in [1.29, 1.82) is 0 Å². The number of aliphatic hydroxyl groups is 1. The van der Waals surface area contributed by atoms with E-state index in [0.717, 1.165) is 5.75 Å². The van der Waals surface area contributed by atoms with Crippen LogP contribution in [0.25, 0.3) is 0 Å². The van der Waals surface area contributed by atoms with Crippen molar-refractivity contribution in [2.45, 2.75) is 12.1 Å². The first-order valence-electron chi connectivity index (χ1n) is 7.77. The van der Waals surface area contributed by atoms with Gasteiger partial charge in [0.25, 0.3) is 5.91 Å². The van der Waals surface area contributed by atoms with Crippen LogP contribution in [0.5, 0.6) is 17.2 Å². The normalized spacial score (nSPS) is 19.8. The SMILES string of the molecule is COc1ccc(Oc2ccc(C(=O)N[C@@H]3CNC[C@H]3O)cc2)cc1. The molecule has 24 heavy (non-hydrogen) atoms. The number of hydrogen-bond acceptors (Lipinski definition) is 5. The Morgan fingerprint density at radius 1 is 1.04 bits per heavy atom. The number of β-amino-alcohol motifs (C(OH)–C–C–N with tert-alkyl or cyclic N) is 1. The van der Waals surface area contributed by atoms with Crippen LogP contribution >= 0.6 is 0 Å². The number of rotatable bonds is 5. The van der Waals surface area contributed by atoms with Gasteiger partial charge in [0.1, 0.15) is 17.2 Å². The number of hydrogen-bond donors (Lipinski definition) is 3. The van der Waals surface area contributed by atoms with Gasteiger partial charge in [0.2, 0.25) is 0 Å². The minimum Gasteiger partial charge on any atom is -0.497 e. The van der Waals surface area contributed by atoms with E-state index in [1.54, 1.807) is 31.4 Å². The molecule has 0 radical (unpaired) electrons. The lowest BCUT2D eigenvalue weighted by Gasteiger charge is -2.15. The molecule has 1 aliphatic rings. The molecule has 0 spiro atoms. The second kappa shape index (κ2) is 7.33. The van der Waals surface area contributed by atoms with Crippen molar-refractivity contribution in [3.8, 4) is 17.2 Å². The molecule has 1 heterocycles. The number of ether oxygens (including phenoxy) is 2. The Bertz CT molecular complexity index is 685. The van der Waals surface area contributed by atoms with Gasteiger partial charge in [-0.05, 0) is 48.5 Å². The summed E-state index contributed by atoms with van der Waals surface area (Å²) in [5.74, 6) is 1.88. The molecule has 3 N–H and O–H groups in total. The molecule has 1 saturated heterocycles. The van der Waals surface area contributed by atoms with Crippen LogP contribution in [-0.2, 0) is 0 Å². The average molecular weight is 328 g/mol. The van der Waals surface area contributed by atoms with Gasteiger partial charge in [0, 0.05) is 18.7 Å². The summed E-state index contributed by atoms with van der Waals surface area (Å²) < 4.78 is 10.8. The van der Waals surface area contributed by atoms with Crippen molar-refractivity contribution in [3.05, 3.63) is 54.1 Å². The molecule has 2 atom stereocenters. The predicted octanol–water partition coefficient (Wildman–Crippen LogP) is 1.55. The predicted molar refractivity (Wildman–Crippen MR) is 89.6 cm³/mol. The maximum Gasteiger partial charge on any atom is 0.251 e. The van der Waals surface area contributed by atoms with Crippen molar-refractivity contribution in [3.63, 3.8) is 0 Å². The van der Waals surface area contributed by atoms with Gasteiger partial charge < -0.3 is 25.2 Å². The summed E-state index contributed by atoms with van der Waals surface area (Å²) in [6.07, 6.45) is -0.549. The highest BCUT2D eigenvalue weighted by atomic mass is 16.5. The molecular formula is C18H20N2O4. The Morgan fingerprint density at radius 3 is 2.17 bits per heavy atom. The largest absolute Gasteiger partial charge is 0.497 e. The molecule has 1 aliphatic heterocycles. The van der Waals surface area contributed by atoms with Crippen LogP contribution in [-0.4, -0.2) is 43.4 Å². The molecule has 2 aromatic carbocycles. The number of amides is 1. The number of benzene rings is 2. The van der Waals surface area contributed by atoms with E-state index in [-0.39, 0.29) is 11.9 Å². The van der Waals surface area contributed by atoms with E-state index in [1.807, 2.05) is 24.3 Å². The topological polar surface area (TPSA) is 79.8 Å². The van der Waals surface area contributed by atoms with Crippen LogP contribution in [0.1, 0.15) is 10.4 Å². The second-order valence-corrected chi connectivity index (χ2v) is 5.61. The fourth-order valence-corrected chi connectivity index (χ4v) is 2.52. The molecule has 0 aliphatic carbocycles. The van der Waals surface area contributed by atoms with Crippen molar-refractivity contribution in [2.75, 3.05) is 20.2 Å². The molecule has 0 aromatic heterocycles. The van der Waals surface area contributed by atoms with E-state index in [0.29, 0.717) is 30.2 Å². The van der Waals surface area contributed by atoms with E-state index in [1.165, 1.54) is 0 Å². The molecule has 2 aromatic rings. The molecule has 126 valence electrons. The summed E-state index contributed by atoms with van der Waals surface area (Å²) in [5, 5.41) is 15.6. The number of carbonyl (C=O) groups excluding carboxylic acids is 1. The molecule has 6 heteroatoms. The van der Waals surface area contributed by atoms with E-state index in [4.69, 9.17) is 9.47 Å². The maximum absolute atomic E-state index is 12.2. The zero-order valence-corrected chi connectivity index (χ0v) is 13.4. The zero-order chi connectivity index (χ0) is 16.9. The number of nitrogens with one attached hydrogen (secondary N) is 2. The molecule has 1 amide bonds. The lowest BCUT2D eigenvalue weighted by Crippen LogP contribution is -2.42. The first-order valence-corrected chi connectivity index (χ1v) is 7.77. The Hall–Kier alpha value is -2.57. The minimum absolute atomic E-state index is 0.209. The highest BCUT2D eigenvalue weighted by molar-refractivity contribution is 5.94. The Labute approximate surface area is 140 Å². The number of methoxy groups -OCH3 is 1. The fraction of sp³-hybridized carbons (Fsp3) is 0.278. The van der Waals surface area contributed by atoms with E-state index in [9.17, 15) is 9.90 Å². The molecule has 0 bridgehead atoms. The lowest BCUT2D eigenvalue weighted by atomic mass is 10.1. The summed E-state index contributed by atoms with van der Waals surface area (Å²) in [6, 6.07) is 13.9. The first kappa shape index (κ1) is 16.3. The standard InChI is InChI=1S/C18H20N2O4/c1-23-13-6-8-15(9-7-13)24-14-4-2-12(3-5-14)18(22)20-16-10-19-11-17(16)21/h2-9,16-17,19,21H,10-11H2,1H3,(H,20,22)/t16-,17-/m1/s1. The highest BCUT2D eigenvalue weighted by Crippen LogP contribution is 2.24. The summed E-state index contributed by atoms with van der Waals surface area (Å²) in [5.41, 5.74) is 0.524. The number of carbonyl (C=O) groups is 1. The molecule has 6 nitrogen and oxygen atoms in total. The van der Waals surface area contributed by atoms with Gasteiger partial charge >= 0.3 is 0 Å². The first-order chi connectivity index (χ1) is 11.7. The number of aliphatic hydroxyl groups excluding tert-OH is 1. The minimum atomic E-state index is -0.549. The lowest BCUT2D eigenvalue weighted by molar-refractivity contribution is 0.0888. The fourth-order valence-electron chi connectivity index (χ4n) is 2.52. The Balaban J connectivity index is 1.60. The molecule has 0 unspecified atom stereocenters.